The summed E-state index contributed by atoms with van der Waals surface area (Å²) in [6.45, 7) is 12.2. The number of ether oxygens (including phenoxy) is 1. The van der Waals surface area contributed by atoms with Gasteiger partial charge in [0, 0.05) is 19.6 Å². The van der Waals surface area contributed by atoms with Crippen LogP contribution in [0.3, 0.4) is 0 Å². The molecule has 0 spiro atoms. The maximum atomic E-state index is 13.3. The SMILES string of the molecule is Cc1cc(C)c(C)c(S(=O)(=O)N2CCC(C(=O)OCC(=O)NCC(C)C)CC2)c1C. The standard InChI is InChI=1S/C22H34N2O5S/c1-14(2)12-23-20(25)13-29-22(26)19-7-9-24(10-8-19)30(27,28)21-17(5)15(3)11-16(4)18(21)6/h11,14,19H,7-10,12-13H2,1-6H3,(H,23,25). The Bertz CT molecular complexity index is 874. The summed E-state index contributed by atoms with van der Waals surface area (Å²) < 4.78 is 33.2. The summed E-state index contributed by atoms with van der Waals surface area (Å²) in [6, 6.07) is 2.00. The molecule has 8 heteroatoms. The molecule has 1 aliphatic heterocycles. The van der Waals surface area contributed by atoms with Crippen molar-refractivity contribution in [3.63, 3.8) is 0 Å². The van der Waals surface area contributed by atoms with Crippen molar-refractivity contribution >= 4 is 21.9 Å². The van der Waals surface area contributed by atoms with E-state index in [1.165, 1.54) is 4.31 Å². The van der Waals surface area contributed by atoms with Crippen molar-refractivity contribution in [2.24, 2.45) is 11.8 Å². The smallest absolute Gasteiger partial charge is 0.309 e. The number of hydrogen-bond donors (Lipinski definition) is 1. The predicted octanol–water partition coefficient (Wildman–Crippen LogP) is 2.64. The monoisotopic (exact) mass is 438 g/mol. The Morgan fingerprint density at radius 2 is 1.63 bits per heavy atom. The number of hydrogen-bond acceptors (Lipinski definition) is 5. The van der Waals surface area contributed by atoms with E-state index in [9.17, 15) is 18.0 Å². The average molecular weight is 439 g/mol. The van der Waals surface area contributed by atoms with Crippen LogP contribution < -0.4 is 5.32 Å². The molecule has 1 heterocycles. The Hall–Kier alpha value is -1.93. The quantitative estimate of drug-likeness (QED) is 0.661. The summed E-state index contributed by atoms with van der Waals surface area (Å²) in [4.78, 5) is 24.4. The van der Waals surface area contributed by atoms with Gasteiger partial charge in [0.2, 0.25) is 10.0 Å². The van der Waals surface area contributed by atoms with Gasteiger partial charge < -0.3 is 10.1 Å². The van der Waals surface area contributed by atoms with Crippen LogP contribution >= 0.6 is 0 Å². The van der Waals surface area contributed by atoms with Crippen LogP contribution in [-0.4, -0.2) is 50.8 Å². The normalized spacial score (nSPS) is 16.0. The van der Waals surface area contributed by atoms with Crippen LogP contribution in [-0.2, 0) is 24.3 Å². The van der Waals surface area contributed by atoms with Gasteiger partial charge in [0.15, 0.2) is 6.61 Å². The number of carbonyl (C=O) groups is 2. The molecule has 0 radical (unpaired) electrons. The molecule has 0 atom stereocenters. The van der Waals surface area contributed by atoms with E-state index in [0.717, 1.165) is 22.3 Å². The molecule has 0 bridgehead atoms. The van der Waals surface area contributed by atoms with Crippen LogP contribution in [0.25, 0.3) is 0 Å². The maximum Gasteiger partial charge on any atom is 0.309 e. The Labute approximate surface area is 180 Å². The third kappa shape index (κ3) is 5.60. The number of benzene rings is 1. The highest BCUT2D eigenvalue weighted by molar-refractivity contribution is 7.89. The van der Waals surface area contributed by atoms with Gasteiger partial charge in [-0.1, -0.05) is 19.9 Å². The van der Waals surface area contributed by atoms with Crippen LogP contribution in [0.4, 0.5) is 0 Å². The number of aryl methyl sites for hydroxylation is 2. The summed E-state index contributed by atoms with van der Waals surface area (Å²) in [6.07, 6.45) is 0.767. The highest BCUT2D eigenvalue weighted by Gasteiger charge is 2.35. The third-order valence-electron chi connectivity index (χ3n) is 5.74. The van der Waals surface area contributed by atoms with Crippen LogP contribution in [0.2, 0.25) is 0 Å². The summed E-state index contributed by atoms with van der Waals surface area (Å²) in [5.74, 6) is -0.834. The van der Waals surface area contributed by atoms with Gasteiger partial charge >= 0.3 is 5.97 Å². The van der Waals surface area contributed by atoms with Crippen LogP contribution in [0.5, 0.6) is 0 Å². The number of rotatable bonds is 7. The largest absolute Gasteiger partial charge is 0.455 e. The number of nitrogens with one attached hydrogen (secondary N) is 1. The Morgan fingerprint density at radius 3 is 2.13 bits per heavy atom. The number of sulfonamides is 1. The molecule has 1 amide bonds. The zero-order valence-corrected chi connectivity index (χ0v) is 19.7. The summed E-state index contributed by atoms with van der Waals surface area (Å²) in [7, 11) is -3.64. The lowest BCUT2D eigenvalue weighted by Crippen LogP contribution is -2.41. The number of esters is 1. The molecular formula is C22H34N2O5S. The minimum Gasteiger partial charge on any atom is -0.455 e. The minimum absolute atomic E-state index is 0.257. The molecular weight excluding hydrogens is 404 g/mol. The van der Waals surface area contributed by atoms with Gasteiger partial charge in [-0.3, -0.25) is 9.59 Å². The molecule has 0 saturated carbocycles. The predicted molar refractivity (Wildman–Crippen MR) is 116 cm³/mol. The first kappa shape index (κ1) is 24.3. The number of piperidine rings is 1. The molecule has 0 unspecified atom stereocenters. The fourth-order valence-corrected chi connectivity index (χ4v) is 5.70. The first-order valence-corrected chi connectivity index (χ1v) is 11.9. The van der Waals surface area contributed by atoms with Crippen LogP contribution in [0.1, 0.15) is 48.9 Å². The molecule has 30 heavy (non-hydrogen) atoms. The molecule has 1 saturated heterocycles. The molecule has 2 rings (SSSR count). The van der Waals surface area contributed by atoms with E-state index >= 15 is 0 Å². The highest BCUT2D eigenvalue weighted by atomic mass is 32.2. The van der Waals surface area contributed by atoms with Gasteiger partial charge in [-0.15, -0.1) is 0 Å². The van der Waals surface area contributed by atoms with Gasteiger partial charge in [0.25, 0.3) is 5.91 Å². The summed E-state index contributed by atoms with van der Waals surface area (Å²) >= 11 is 0. The first-order valence-electron chi connectivity index (χ1n) is 10.5. The fraction of sp³-hybridized carbons (Fsp3) is 0.636. The van der Waals surface area contributed by atoms with Gasteiger partial charge in [0.1, 0.15) is 0 Å². The van der Waals surface area contributed by atoms with Gasteiger partial charge in [-0.2, -0.15) is 4.31 Å². The lowest BCUT2D eigenvalue weighted by molar-refractivity contribution is -0.153. The molecule has 0 aliphatic carbocycles. The summed E-state index contributed by atoms with van der Waals surface area (Å²) in [5.41, 5.74) is 3.44. The van der Waals surface area contributed by atoms with Crippen molar-refractivity contribution in [3.05, 3.63) is 28.3 Å². The van der Waals surface area contributed by atoms with Crippen molar-refractivity contribution < 1.29 is 22.7 Å². The highest BCUT2D eigenvalue weighted by Crippen LogP contribution is 2.31. The van der Waals surface area contributed by atoms with Crippen molar-refractivity contribution in [2.45, 2.75) is 59.3 Å². The van der Waals surface area contributed by atoms with Crippen molar-refractivity contribution in [1.82, 2.24) is 9.62 Å². The first-order chi connectivity index (χ1) is 13.9. The van der Waals surface area contributed by atoms with Crippen molar-refractivity contribution in [3.8, 4) is 0 Å². The van der Waals surface area contributed by atoms with Crippen molar-refractivity contribution in [1.29, 1.82) is 0 Å². The van der Waals surface area contributed by atoms with Gasteiger partial charge in [0.05, 0.1) is 10.8 Å². The number of nitrogens with zero attached hydrogens (tertiary/aromatic N) is 1. The lowest BCUT2D eigenvalue weighted by atomic mass is 9.98. The Morgan fingerprint density at radius 1 is 1.10 bits per heavy atom. The zero-order valence-electron chi connectivity index (χ0n) is 18.9. The second kappa shape index (κ2) is 9.92. The minimum atomic E-state index is -3.64. The van der Waals surface area contributed by atoms with E-state index < -0.39 is 21.9 Å². The molecule has 1 fully saturated rings. The topological polar surface area (TPSA) is 92.8 Å². The van der Waals surface area contributed by atoms with Gasteiger partial charge in [-0.05, 0) is 68.7 Å². The van der Waals surface area contributed by atoms with Crippen LogP contribution in [0, 0.1) is 39.5 Å². The molecule has 168 valence electrons. The molecule has 7 nitrogen and oxygen atoms in total. The van der Waals surface area contributed by atoms with Crippen LogP contribution in [0.15, 0.2) is 11.0 Å². The number of carbonyl (C=O) groups excluding carboxylic acids is 2. The van der Waals surface area contributed by atoms with E-state index in [1.54, 1.807) is 0 Å². The van der Waals surface area contributed by atoms with Crippen molar-refractivity contribution in [2.75, 3.05) is 26.2 Å². The lowest BCUT2D eigenvalue weighted by Gasteiger charge is -2.31. The molecule has 1 N–H and O–H groups in total. The second-order valence-corrected chi connectivity index (χ2v) is 10.4. The molecule has 0 aromatic heterocycles. The van der Waals surface area contributed by atoms with E-state index in [0.29, 0.717) is 30.2 Å². The maximum absolute atomic E-state index is 13.3. The third-order valence-corrected chi connectivity index (χ3v) is 7.91. The zero-order chi connectivity index (χ0) is 22.6. The molecule has 1 aliphatic rings. The molecule has 1 aromatic rings. The Kier molecular flexibility index (Phi) is 8.05. The van der Waals surface area contributed by atoms with E-state index in [1.807, 2.05) is 47.6 Å². The fourth-order valence-electron chi connectivity index (χ4n) is 3.65. The second-order valence-electron chi connectivity index (χ2n) is 8.57. The molecule has 1 aromatic carbocycles. The van der Waals surface area contributed by atoms with Gasteiger partial charge in [-0.25, -0.2) is 8.42 Å². The van der Waals surface area contributed by atoms with E-state index in [-0.39, 0.29) is 25.6 Å². The Balaban J connectivity index is 1.99. The average Bonchev–Trinajstić information content (AvgIpc) is 2.69. The number of amides is 1. The van der Waals surface area contributed by atoms with E-state index in [4.69, 9.17) is 4.74 Å². The summed E-state index contributed by atoms with van der Waals surface area (Å²) in [5, 5.41) is 2.70. The van der Waals surface area contributed by atoms with E-state index in [2.05, 4.69) is 5.32 Å².